The van der Waals surface area contributed by atoms with Crippen LogP contribution < -0.4 is 5.32 Å². The van der Waals surface area contributed by atoms with Crippen molar-refractivity contribution in [2.75, 3.05) is 46.3 Å². The first kappa shape index (κ1) is 15.0. The maximum Gasteiger partial charge on any atom is 0.0449 e. The van der Waals surface area contributed by atoms with Gasteiger partial charge in [0.25, 0.3) is 0 Å². The van der Waals surface area contributed by atoms with E-state index in [9.17, 15) is 0 Å². The lowest BCUT2D eigenvalue weighted by molar-refractivity contribution is 0.150. The van der Waals surface area contributed by atoms with Gasteiger partial charge in [-0.25, -0.2) is 0 Å². The zero-order valence-corrected chi connectivity index (χ0v) is 13.3. The van der Waals surface area contributed by atoms with Gasteiger partial charge in [0.2, 0.25) is 0 Å². The van der Waals surface area contributed by atoms with Gasteiger partial charge in [0.15, 0.2) is 0 Å². The Morgan fingerprint density at radius 2 is 1.95 bits per heavy atom. The fourth-order valence-electron chi connectivity index (χ4n) is 3.85. The van der Waals surface area contributed by atoms with Gasteiger partial charge < -0.3 is 15.1 Å². The fourth-order valence-corrected chi connectivity index (χ4v) is 3.85. The lowest BCUT2D eigenvalue weighted by Crippen LogP contribution is -2.41. The Hall–Kier alpha value is -0.900. The second-order valence-corrected chi connectivity index (χ2v) is 6.80. The van der Waals surface area contributed by atoms with Crippen LogP contribution in [0, 0.1) is 5.92 Å². The first-order valence-corrected chi connectivity index (χ1v) is 8.50. The van der Waals surface area contributed by atoms with Gasteiger partial charge in [-0.2, -0.15) is 0 Å². The van der Waals surface area contributed by atoms with Crippen molar-refractivity contribution < 1.29 is 0 Å². The summed E-state index contributed by atoms with van der Waals surface area (Å²) in [7, 11) is 2.27. The van der Waals surface area contributed by atoms with Gasteiger partial charge in [-0.3, -0.25) is 0 Å². The zero-order chi connectivity index (χ0) is 14.5. The molecule has 2 heterocycles. The number of hydrogen-bond donors (Lipinski definition) is 1. The summed E-state index contributed by atoms with van der Waals surface area (Å²) in [6, 6.07) is 11.4. The van der Waals surface area contributed by atoms with Crippen molar-refractivity contribution in [1.29, 1.82) is 0 Å². The van der Waals surface area contributed by atoms with Crippen LogP contribution in [-0.4, -0.2) is 56.1 Å². The second kappa shape index (κ2) is 7.39. The van der Waals surface area contributed by atoms with Crippen molar-refractivity contribution in [3.63, 3.8) is 0 Å². The Morgan fingerprint density at radius 1 is 1.10 bits per heavy atom. The highest BCUT2D eigenvalue weighted by molar-refractivity contribution is 5.19. The molecule has 0 bridgehead atoms. The number of nitrogens with one attached hydrogen (secondary N) is 1. The average molecular weight is 287 g/mol. The van der Waals surface area contributed by atoms with Crippen LogP contribution in [0.1, 0.15) is 30.9 Å². The van der Waals surface area contributed by atoms with Gasteiger partial charge in [-0.1, -0.05) is 30.3 Å². The molecule has 0 radical (unpaired) electrons. The molecule has 2 fully saturated rings. The highest BCUT2D eigenvalue weighted by atomic mass is 15.2. The minimum absolute atomic E-state index is 0.495. The molecule has 0 spiro atoms. The molecule has 1 N–H and O–H groups in total. The van der Waals surface area contributed by atoms with Crippen LogP contribution in [0.4, 0.5) is 0 Å². The Balaban J connectivity index is 1.60. The zero-order valence-electron chi connectivity index (χ0n) is 13.3. The SMILES string of the molecule is CN1CCCC(CN2CCCNC(c3ccccc3)C2)C1. The summed E-state index contributed by atoms with van der Waals surface area (Å²) in [5.41, 5.74) is 1.44. The van der Waals surface area contributed by atoms with Crippen LogP contribution in [-0.2, 0) is 0 Å². The number of hydrogen-bond acceptors (Lipinski definition) is 3. The fraction of sp³-hybridized carbons (Fsp3) is 0.667. The number of benzene rings is 1. The molecule has 2 unspecified atom stereocenters. The van der Waals surface area contributed by atoms with E-state index in [1.807, 2.05) is 0 Å². The van der Waals surface area contributed by atoms with Crippen molar-refractivity contribution >= 4 is 0 Å². The Bertz CT molecular complexity index is 420. The highest BCUT2D eigenvalue weighted by Gasteiger charge is 2.23. The van der Waals surface area contributed by atoms with E-state index >= 15 is 0 Å². The highest BCUT2D eigenvalue weighted by Crippen LogP contribution is 2.21. The predicted octanol–water partition coefficient (Wildman–Crippen LogP) is 2.36. The molecule has 2 aliphatic heterocycles. The molecule has 0 saturated carbocycles. The number of nitrogens with zero attached hydrogens (tertiary/aromatic N) is 2. The summed E-state index contributed by atoms with van der Waals surface area (Å²) >= 11 is 0. The molecule has 1 aromatic carbocycles. The maximum absolute atomic E-state index is 3.72. The Kier molecular flexibility index (Phi) is 5.28. The second-order valence-electron chi connectivity index (χ2n) is 6.80. The summed E-state index contributed by atoms with van der Waals surface area (Å²) in [5, 5.41) is 3.72. The lowest BCUT2D eigenvalue weighted by atomic mass is 9.97. The van der Waals surface area contributed by atoms with Gasteiger partial charge in [-0.05, 0) is 57.4 Å². The van der Waals surface area contributed by atoms with Gasteiger partial charge >= 0.3 is 0 Å². The van der Waals surface area contributed by atoms with E-state index in [0.29, 0.717) is 6.04 Å². The third-order valence-corrected chi connectivity index (χ3v) is 4.92. The van der Waals surface area contributed by atoms with E-state index in [-0.39, 0.29) is 0 Å². The first-order valence-electron chi connectivity index (χ1n) is 8.50. The maximum atomic E-state index is 3.72. The topological polar surface area (TPSA) is 18.5 Å². The summed E-state index contributed by atoms with van der Waals surface area (Å²) in [5.74, 6) is 0.860. The third-order valence-electron chi connectivity index (χ3n) is 4.92. The molecular weight excluding hydrogens is 258 g/mol. The molecule has 2 atom stereocenters. The van der Waals surface area contributed by atoms with E-state index in [1.165, 1.54) is 51.0 Å². The predicted molar refractivity (Wildman–Crippen MR) is 88.5 cm³/mol. The average Bonchev–Trinajstić information content (AvgIpc) is 2.74. The normalized spacial score (nSPS) is 29.2. The monoisotopic (exact) mass is 287 g/mol. The molecule has 0 aromatic heterocycles. The van der Waals surface area contributed by atoms with E-state index in [4.69, 9.17) is 0 Å². The van der Waals surface area contributed by atoms with Crippen LogP contribution in [0.5, 0.6) is 0 Å². The van der Waals surface area contributed by atoms with Crippen molar-refractivity contribution in [3.05, 3.63) is 35.9 Å². The molecule has 1 aromatic rings. The number of likely N-dealkylation sites (tertiary alicyclic amines) is 1. The van der Waals surface area contributed by atoms with Gasteiger partial charge in [-0.15, -0.1) is 0 Å². The third kappa shape index (κ3) is 4.29. The number of piperidine rings is 1. The Morgan fingerprint density at radius 3 is 2.76 bits per heavy atom. The van der Waals surface area contributed by atoms with E-state index in [1.54, 1.807) is 0 Å². The molecule has 3 rings (SSSR count). The van der Waals surface area contributed by atoms with E-state index in [2.05, 4.69) is 52.5 Å². The van der Waals surface area contributed by atoms with E-state index in [0.717, 1.165) is 19.0 Å². The van der Waals surface area contributed by atoms with Crippen molar-refractivity contribution in [1.82, 2.24) is 15.1 Å². The molecule has 2 saturated heterocycles. The van der Waals surface area contributed by atoms with Gasteiger partial charge in [0.1, 0.15) is 0 Å². The molecule has 2 aliphatic rings. The summed E-state index contributed by atoms with van der Waals surface area (Å²) in [4.78, 5) is 5.19. The molecule has 116 valence electrons. The minimum Gasteiger partial charge on any atom is -0.309 e. The summed E-state index contributed by atoms with van der Waals surface area (Å²) in [6.45, 7) is 7.38. The van der Waals surface area contributed by atoms with Crippen LogP contribution in [0.3, 0.4) is 0 Å². The molecule has 0 aliphatic carbocycles. The van der Waals surface area contributed by atoms with E-state index < -0.39 is 0 Å². The quantitative estimate of drug-likeness (QED) is 0.921. The molecule has 3 nitrogen and oxygen atoms in total. The van der Waals surface area contributed by atoms with Crippen molar-refractivity contribution in [3.8, 4) is 0 Å². The van der Waals surface area contributed by atoms with Gasteiger partial charge in [0, 0.05) is 25.7 Å². The van der Waals surface area contributed by atoms with Crippen LogP contribution in [0.15, 0.2) is 30.3 Å². The van der Waals surface area contributed by atoms with Crippen molar-refractivity contribution in [2.24, 2.45) is 5.92 Å². The largest absolute Gasteiger partial charge is 0.309 e. The molecule has 3 heteroatoms. The molecular formula is C18H29N3. The van der Waals surface area contributed by atoms with Gasteiger partial charge in [0.05, 0.1) is 0 Å². The number of rotatable bonds is 3. The summed E-state index contributed by atoms with van der Waals surface area (Å²) in [6.07, 6.45) is 4.05. The minimum atomic E-state index is 0.495. The van der Waals surface area contributed by atoms with Crippen LogP contribution in [0.2, 0.25) is 0 Å². The standard InChI is InChI=1S/C18H29N3/c1-20-11-5-7-16(13-20)14-21-12-6-10-19-18(15-21)17-8-3-2-4-9-17/h2-4,8-9,16,18-19H,5-7,10-15H2,1H3. The Labute approximate surface area is 129 Å². The van der Waals surface area contributed by atoms with Crippen LogP contribution >= 0.6 is 0 Å². The summed E-state index contributed by atoms with van der Waals surface area (Å²) < 4.78 is 0. The van der Waals surface area contributed by atoms with Crippen LogP contribution in [0.25, 0.3) is 0 Å². The first-order chi connectivity index (χ1) is 10.3. The van der Waals surface area contributed by atoms with Crippen molar-refractivity contribution in [2.45, 2.75) is 25.3 Å². The molecule has 21 heavy (non-hydrogen) atoms. The molecule has 0 amide bonds. The lowest BCUT2D eigenvalue weighted by Gasteiger charge is -2.34. The smallest absolute Gasteiger partial charge is 0.0449 e.